The number of ketones is 1. The molecule has 2 bridgehead atoms. The molecule has 0 aromatic heterocycles. The first kappa shape index (κ1) is 27.9. The standard InChI is InChI=1S/C36H46N2O4/c1-22-19-23(2)27(28(39)20-22)21-38-18-11-26-29(33(38)40)24(3)31-32(30(26)25-9-7-8-10-25)42-34(4,41-31)35-12-15-36(16-13-35,17-14-35)37(5)6/h9,19H,7-8,10-18,20-21H2,1-6H3. The second-order valence-corrected chi connectivity index (χ2v) is 14.4. The van der Waals surface area contributed by atoms with E-state index in [4.69, 9.17) is 9.47 Å². The predicted octanol–water partition coefficient (Wildman–Crippen LogP) is 6.94. The van der Waals surface area contributed by atoms with Crippen LogP contribution >= 0.6 is 0 Å². The van der Waals surface area contributed by atoms with Crippen LogP contribution in [0.2, 0.25) is 0 Å². The van der Waals surface area contributed by atoms with Gasteiger partial charge in [-0.1, -0.05) is 17.7 Å². The Hall–Kier alpha value is -2.86. The fraction of sp³-hybridized carbons (Fsp3) is 0.611. The van der Waals surface area contributed by atoms with Gasteiger partial charge >= 0.3 is 0 Å². The normalized spacial score (nSPS) is 32.1. The van der Waals surface area contributed by atoms with Gasteiger partial charge < -0.3 is 19.3 Å². The van der Waals surface area contributed by atoms with E-state index in [2.05, 4.69) is 38.1 Å². The monoisotopic (exact) mass is 570 g/mol. The van der Waals surface area contributed by atoms with Gasteiger partial charge in [-0.25, -0.2) is 0 Å². The Morgan fingerprint density at radius 3 is 2.24 bits per heavy atom. The van der Waals surface area contributed by atoms with Crippen LogP contribution in [0.1, 0.15) is 112 Å². The lowest BCUT2D eigenvalue weighted by Crippen LogP contribution is -2.62. The van der Waals surface area contributed by atoms with Crippen LogP contribution in [-0.2, 0) is 11.2 Å². The van der Waals surface area contributed by atoms with Crippen molar-refractivity contribution in [2.24, 2.45) is 5.41 Å². The second-order valence-electron chi connectivity index (χ2n) is 14.4. The second kappa shape index (κ2) is 9.57. The zero-order valence-corrected chi connectivity index (χ0v) is 26.4. The number of carbonyl (C=O) groups excluding carboxylic acids is 2. The quantitative estimate of drug-likeness (QED) is 0.384. The highest BCUT2D eigenvalue weighted by Crippen LogP contribution is 2.63. The molecule has 3 fully saturated rings. The molecule has 7 aliphatic rings. The molecule has 42 heavy (non-hydrogen) atoms. The van der Waals surface area contributed by atoms with Crippen molar-refractivity contribution in [1.82, 2.24) is 9.80 Å². The number of carbonyl (C=O) groups is 2. The summed E-state index contributed by atoms with van der Waals surface area (Å²) in [4.78, 5) is 31.6. The molecule has 5 aliphatic carbocycles. The van der Waals surface area contributed by atoms with Crippen LogP contribution in [0.4, 0.5) is 0 Å². The molecular weight excluding hydrogens is 524 g/mol. The van der Waals surface area contributed by atoms with Gasteiger partial charge in [0.1, 0.15) is 0 Å². The van der Waals surface area contributed by atoms with Gasteiger partial charge in [0.15, 0.2) is 17.3 Å². The molecule has 0 radical (unpaired) electrons. The third-order valence-electron chi connectivity index (χ3n) is 12.0. The molecule has 2 heterocycles. The zero-order chi connectivity index (χ0) is 29.6. The molecule has 1 amide bonds. The number of Topliss-reactive ketones (excluding diaryl/α,β-unsaturated/α-hetero) is 1. The molecule has 3 saturated carbocycles. The minimum Gasteiger partial charge on any atom is -0.448 e. The first-order chi connectivity index (χ1) is 20.0. The van der Waals surface area contributed by atoms with Crippen molar-refractivity contribution in [2.45, 2.75) is 110 Å². The van der Waals surface area contributed by atoms with E-state index in [-0.39, 0.29) is 17.1 Å². The van der Waals surface area contributed by atoms with Crippen molar-refractivity contribution in [3.63, 3.8) is 0 Å². The molecule has 0 spiro atoms. The number of hydrogen-bond acceptors (Lipinski definition) is 5. The third kappa shape index (κ3) is 3.93. The maximum absolute atomic E-state index is 14.3. The van der Waals surface area contributed by atoms with Crippen LogP contribution in [0.15, 0.2) is 28.9 Å². The van der Waals surface area contributed by atoms with Gasteiger partial charge in [0.25, 0.3) is 11.7 Å². The minimum absolute atomic E-state index is 0.0113. The molecule has 6 nitrogen and oxygen atoms in total. The van der Waals surface area contributed by atoms with Gasteiger partial charge in [0, 0.05) is 54.1 Å². The number of allylic oxidation sites excluding steroid dienone is 5. The van der Waals surface area contributed by atoms with Crippen LogP contribution in [0.5, 0.6) is 11.5 Å². The SMILES string of the molecule is CC1=CC(C)=C(CN2CCc3c(c(C)c4c(c3C3=CCCC3)OC(C)(C35CCC(N(C)C)(CC3)CC5)O4)C2=O)C(=O)C1. The summed E-state index contributed by atoms with van der Waals surface area (Å²) in [6.45, 7) is 9.17. The molecule has 1 aromatic rings. The van der Waals surface area contributed by atoms with Gasteiger partial charge in [-0.2, -0.15) is 0 Å². The average molecular weight is 571 g/mol. The molecular formula is C36H46N2O4. The number of amides is 1. The van der Waals surface area contributed by atoms with Crippen LogP contribution in [-0.4, -0.2) is 60.0 Å². The summed E-state index contributed by atoms with van der Waals surface area (Å²) in [5.41, 5.74) is 8.29. The first-order valence-corrected chi connectivity index (χ1v) is 16.1. The van der Waals surface area contributed by atoms with Gasteiger partial charge in [0.05, 0.1) is 5.56 Å². The highest BCUT2D eigenvalue weighted by Gasteiger charge is 2.63. The Bertz CT molecular complexity index is 1470. The van der Waals surface area contributed by atoms with E-state index in [0.717, 1.165) is 95.4 Å². The van der Waals surface area contributed by atoms with Gasteiger partial charge in [-0.05, 0) is 116 Å². The van der Waals surface area contributed by atoms with E-state index >= 15 is 0 Å². The summed E-state index contributed by atoms with van der Waals surface area (Å²) in [5.74, 6) is 1.03. The number of fused-ring (bicyclic) bond motifs is 5. The number of benzene rings is 1. The molecule has 0 saturated heterocycles. The molecule has 224 valence electrons. The predicted molar refractivity (Wildman–Crippen MR) is 165 cm³/mol. The van der Waals surface area contributed by atoms with Crippen molar-refractivity contribution in [3.8, 4) is 11.5 Å². The average Bonchev–Trinajstić information content (AvgIpc) is 3.62. The molecule has 0 N–H and O–H groups in total. The Balaban J connectivity index is 1.27. The minimum atomic E-state index is -0.750. The topological polar surface area (TPSA) is 59.1 Å². The molecule has 8 rings (SSSR count). The lowest BCUT2D eigenvalue weighted by molar-refractivity contribution is -0.211. The largest absolute Gasteiger partial charge is 0.448 e. The van der Waals surface area contributed by atoms with E-state index in [1.54, 1.807) is 0 Å². The zero-order valence-electron chi connectivity index (χ0n) is 26.4. The third-order valence-corrected chi connectivity index (χ3v) is 12.0. The Morgan fingerprint density at radius 2 is 1.62 bits per heavy atom. The van der Waals surface area contributed by atoms with Crippen LogP contribution in [0.3, 0.4) is 0 Å². The van der Waals surface area contributed by atoms with Crippen LogP contribution in [0, 0.1) is 12.3 Å². The Morgan fingerprint density at radius 1 is 0.929 bits per heavy atom. The maximum atomic E-state index is 14.3. The molecule has 1 unspecified atom stereocenters. The summed E-state index contributed by atoms with van der Waals surface area (Å²) < 4.78 is 14.1. The Kier molecular flexibility index (Phi) is 6.37. The summed E-state index contributed by atoms with van der Waals surface area (Å²) in [7, 11) is 4.46. The van der Waals surface area contributed by atoms with E-state index in [0.29, 0.717) is 25.0 Å². The molecule has 2 aliphatic heterocycles. The van der Waals surface area contributed by atoms with Crippen LogP contribution < -0.4 is 9.47 Å². The van der Waals surface area contributed by atoms with E-state index in [1.807, 2.05) is 25.7 Å². The molecule has 1 atom stereocenters. The maximum Gasteiger partial charge on any atom is 0.254 e. The smallest absolute Gasteiger partial charge is 0.254 e. The molecule has 6 heteroatoms. The summed E-state index contributed by atoms with van der Waals surface area (Å²) >= 11 is 0. The van der Waals surface area contributed by atoms with E-state index in [9.17, 15) is 9.59 Å². The summed E-state index contributed by atoms with van der Waals surface area (Å²) in [6.07, 6.45) is 15.6. The highest BCUT2D eigenvalue weighted by atomic mass is 16.7. The van der Waals surface area contributed by atoms with Gasteiger partial charge in [-0.15, -0.1) is 0 Å². The number of hydrogen-bond donors (Lipinski definition) is 0. The number of ether oxygens (including phenoxy) is 2. The van der Waals surface area contributed by atoms with Gasteiger partial charge in [0.2, 0.25) is 0 Å². The first-order valence-electron chi connectivity index (χ1n) is 16.1. The number of rotatable bonds is 5. The van der Waals surface area contributed by atoms with Crippen molar-refractivity contribution >= 4 is 17.3 Å². The number of nitrogens with zero attached hydrogens (tertiary/aromatic N) is 2. The van der Waals surface area contributed by atoms with E-state index < -0.39 is 5.79 Å². The van der Waals surface area contributed by atoms with E-state index in [1.165, 1.54) is 24.8 Å². The van der Waals surface area contributed by atoms with Crippen LogP contribution in [0.25, 0.3) is 5.57 Å². The summed E-state index contributed by atoms with van der Waals surface area (Å²) in [6, 6.07) is 0. The highest BCUT2D eigenvalue weighted by molar-refractivity contribution is 6.04. The lowest BCUT2D eigenvalue weighted by Gasteiger charge is -2.59. The fourth-order valence-electron chi connectivity index (χ4n) is 9.18. The molecule has 1 aromatic carbocycles. The Labute approximate surface area is 250 Å². The fourth-order valence-corrected chi connectivity index (χ4v) is 9.18. The van der Waals surface area contributed by atoms with Crippen molar-refractivity contribution in [3.05, 3.63) is 51.1 Å². The summed E-state index contributed by atoms with van der Waals surface area (Å²) in [5, 5.41) is 0. The lowest BCUT2D eigenvalue weighted by atomic mass is 9.54. The van der Waals surface area contributed by atoms with Gasteiger partial charge in [-0.3, -0.25) is 9.59 Å². The van der Waals surface area contributed by atoms with Crippen molar-refractivity contribution in [2.75, 3.05) is 27.2 Å². The van der Waals surface area contributed by atoms with Crippen molar-refractivity contribution in [1.29, 1.82) is 0 Å². The van der Waals surface area contributed by atoms with Crippen molar-refractivity contribution < 1.29 is 19.1 Å².